The Labute approximate surface area is 170 Å². The fourth-order valence-corrected chi connectivity index (χ4v) is 3.87. The SMILES string of the molecule is CS(=O)(=O)Nc1ccccc1C(=O)OC(C(=O)N1CCCCC1)c1ccccc1. The molecule has 2 aromatic rings. The minimum Gasteiger partial charge on any atom is -0.444 e. The van der Waals surface area contributed by atoms with Crippen LogP contribution in [0.5, 0.6) is 0 Å². The standard InChI is InChI=1S/C21H24N2O5S/c1-29(26,27)22-18-13-7-6-12-17(18)21(25)28-19(16-10-4-2-5-11-16)20(24)23-14-8-3-9-15-23/h2,4-7,10-13,19,22H,3,8-9,14-15H2,1H3. The van der Waals surface area contributed by atoms with E-state index in [0.717, 1.165) is 25.5 Å². The maximum Gasteiger partial charge on any atom is 0.341 e. The second kappa shape index (κ2) is 9.09. The maximum atomic E-state index is 13.1. The van der Waals surface area contributed by atoms with Crippen LogP contribution < -0.4 is 4.72 Å². The molecule has 29 heavy (non-hydrogen) atoms. The smallest absolute Gasteiger partial charge is 0.341 e. The summed E-state index contributed by atoms with van der Waals surface area (Å²) in [5, 5.41) is 0. The van der Waals surface area contributed by atoms with E-state index in [1.807, 2.05) is 6.07 Å². The number of anilines is 1. The number of likely N-dealkylation sites (tertiary alicyclic amines) is 1. The third kappa shape index (κ3) is 5.57. The molecule has 1 N–H and O–H groups in total. The predicted molar refractivity (Wildman–Crippen MR) is 110 cm³/mol. The molecule has 0 spiro atoms. The lowest BCUT2D eigenvalue weighted by atomic mass is 10.1. The van der Waals surface area contributed by atoms with Crippen LogP contribution in [-0.4, -0.2) is 44.5 Å². The van der Waals surface area contributed by atoms with E-state index in [1.165, 1.54) is 12.1 Å². The molecule has 3 rings (SSSR count). The zero-order valence-electron chi connectivity index (χ0n) is 16.2. The Bertz CT molecular complexity index is 970. The molecule has 7 nitrogen and oxygen atoms in total. The molecule has 0 saturated carbocycles. The van der Waals surface area contributed by atoms with Gasteiger partial charge in [-0.1, -0.05) is 42.5 Å². The normalized spacial score (nSPS) is 15.4. The van der Waals surface area contributed by atoms with Crippen molar-refractivity contribution in [3.8, 4) is 0 Å². The van der Waals surface area contributed by atoms with Gasteiger partial charge in [-0.15, -0.1) is 0 Å². The Morgan fingerprint density at radius 2 is 1.59 bits per heavy atom. The number of amides is 1. The first kappa shape index (κ1) is 20.9. The van der Waals surface area contributed by atoms with Gasteiger partial charge in [0.25, 0.3) is 5.91 Å². The molecule has 0 aromatic heterocycles. The van der Waals surface area contributed by atoms with Gasteiger partial charge in [0.15, 0.2) is 0 Å². The van der Waals surface area contributed by atoms with Crippen LogP contribution in [0.15, 0.2) is 54.6 Å². The van der Waals surface area contributed by atoms with Crippen LogP contribution in [0.3, 0.4) is 0 Å². The number of nitrogens with zero attached hydrogens (tertiary/aromatic N) is 1. The van der Waals surface area contributed by atoms with Crippen LogP contribution in [0, 0.1) is 0 Å². The molecular formula is C21H24N2O5S. The summed E-state index contributed by atoms with van der Waals surface area (Å²) < 4.78 is 31.2. The monoisotopic (exact) mass is 416 g/mol. The van der Waals surface area contributed by atoms with Crippen molar-refractivity contribution in [3.63, 3.8) is 0 Å². The molecule has 0 radical (unpaired) electrons. The summed E-state index contributed by atoms with van der Waals surface area (Å²) in [4.78, 5) is 27.7. The van der Waals surface area contributed by atoms with E-state index < -0.39 is 22.1 Å². The molecule has 1 aliphatic rings. The number of piperidine rings is 1. The number of hydrogen-bond acceptors (Lipinski definition) is 5. The van der Waals surface area contributed by atoms with Gasteiger partial charge >= 0.3 is 5.97 Å². The van der Waals surface area contributed by atoms with Crippen molar-refractivity contribution in [3.05, 3.63) is 65.7 Å². The fraction of sp³-hybridized carbons (Fsp3) is 0.333. The van der Waals surface area contributed by atoms with Gasteiger partial charge in [-0.25, -0.2) is 13.2 Å². The molecule has 0 bridgehead atoms. The van der Waals surface area contributed by atoms with E-state index in [1.54, 1.807) is 41.3 Å². The van der Waals surface area contributed by atoms with Crippen molar-refractivity contribution >= 4 is 27.6 Å². The Kier molecular flexibility index (Phi) is 6.53. The average molecular weight is 416 g/mol. The number of carbonyl (C=O) groups is 2. The van der Waals surface area contributed by atoms with Crippen LogP contribution >= 0.6 is 0 Å². The van der Waals surface area contributed by atoms with Crippen LogP contribution in [-0.2, 0) is 19.6 Å². The molecule has 0 aliphatic carbocycles. The molecule has 1 aliphatic heterocycles. The van der Waals surface area contributed by atoms with Gasteiger partial charge in [0.2, 0.25) is 16.1 Å². The largest absolute Gasteiger partial charge is 0.444 e. The highest BCUT2D eigenvalue weighted by atomic mass is 32.2. The number of rotatable bonds is 6. The van der Waals surface area contributed by atoms with E-state index in [0.29, 0.717) is 18.7 Å². The van der Waals surface area contributed by atoms with Gasteiger partial charge in [-0.3, -0.25) is 9.52 Å². The Morgan fingerprint density at radius 1 is 0.966 bits per heavy atom. The first-order chi connectivity index (χ1) is 13.8. The van der Waals surface area contributed by atoms with Crippen LogP contribution in [0.4, 0.5) is 5.69 Å². The van der Waals surface area contributed by atoms with E-state index in [-0.39, 0.29) is 17.2 Å². The van der Waals surface area contributed by atoms with Gasteiger partial charge in [-0.2, -0.15) is 0 Å². The van der Waals surface area contributed by atoms with Gasteiger partial charge in [0.1, 0.15) is 0 Å². The predicted octanol–water partition coefficient (Wildman–Crippen LogP) is 2.97. The minimum atomic E-state index is -3.58. The second-order valence-electron chi connectivity index (χ2n) is 7.00. The molecular weight excluding hydrogens is 392 g/mol. The average Bonchev–Trinajstić information content (AvgIpc) is 2.72. The molecule has 1 saturated heterocycles. The highest BCUT2D eigenvalue weighted by Crippen LogP contribution is 2.26. The van der Waals surface area contributed by atoms with Crippen molar-refractivity contribution in [2.75, 3.05) is 24.1 Å². The summed E-state index contributed by atoms with van der Waals surface area (Å²) in [7, 11) is -3.58. The highest BCUT2D eigenvalue weighted by molar-refractivity contribution is 7.92. The van der Waals surface area contributed by atoms with Crippen molar-refractivity contribution in [1.82, 2.24) is 4.90 Å². The van der Waals surface area contributed by atoms with Crippen LogP contribution in [0.25, 0.3) is 0 Å². The minimum absolute atomic E-state index is 0.0466. The Balaban J connectivity index is 1.88. The van der Waals surface area contributed by atoms with Crippen LogP contribution in [0.2, 0.25) is 0 Å². The fourth-order valence-electron chi connectivity index (χ4n) is 3.29. The van der Waals surface area contributed by atoms with Crippen molar-refractivity contribution in [2.24, 2.45) is 0 Å². The van der Waals surface area contributed by atoms with Crippen LogP contribution in [0.1, 0.15) is 41.3 Å². The third-order valence-electron chi connectivity index (χ3n) is 4.66. The number of ether oxygens (including phenoxy) is 1. The van der Waals surface area contributed by atoms with E-state index in [9.17, 15) is 18.0 Å². The number of esters is 1. The lowest BCUT2D eigenvalue weighted by Crippen LogP contribution is -2.40. The molecule has 1 atom stereocenters. The zero-order chi connectivity index (χ0) is 20.9. The zero-order valence-corrected chi connectivity index (χ0v) is 17.0. The summed E-state index contributed by atoms with van der Waals surface area (Å²) in [5.41, 5.74) is 0.729. The summed E-state index contributed by atoms with van der Waals surface area (Å²) in [6.07, 6.45) is 2.82. The number of sulfonamides is 1. The topological polar surface area (TPSA) is 92.8 Å². The second-order valence-corrected chi connectivity index (χ2v) is 8.75. The number of nitrogens with one attached hydrogen (secondary N) is 1. The molecule has 2 aromatic carbocycles. The van der Waals surface area contributed by atoms with Gasteiger partial charge in [0, 0.05) is 18.7 Å². The van der Waals surface area contributed by atoms with Crippen molar-refractivity contribution in [2.45, 2.75) is 25.4 Å². The molecule has 154 valence electrons. The van der Waals surface area contributed by atoms with Gasteiger partial charge < -0.3 is 9.64 Å². The maximum absolute atomic E-state index is 13.1. The Hall–Kier alpha value is -2.87. The van der Waals surface area contributed by atoms with E-state index in [2.05, 4.69) is 4.72 Å². The first-order valence-corrected chi connectivity index (χ1v) is 11.4. The van der Waals surface area contributed by atoms with Crippen molar-refractivity contribution in [1.29, 1.82) is 0 Å². The molecule has 1 amide bonds. The molecule has 8 heteroatoms. The number of hydrogen-bond donors (Lipinski definition) is 1. The van der Waals surface area contributed by atoms with E-state index >= 15 is 0 Å². The quantitative estimate of drug-likeness (QED) is 0.731. The van der Waals surface area contributed by atoms with Gasteiger partial charge in [0.05, 0.1) is 17.5 Å². The lowest BCUT2D eigenvalue weighted by Gasteiger charge is -2.30. The van der Waals surface area contributed by atoms with Crippen molar-refractivity contribution < 1.29 is 22.7 Å². The summed E-state index contributed by atoms with van der Waals surface area (Å²) in [6, 6.07) is 15.0. The number of benzene rings is 2. The van der Waals surface area contributed by atoms with E-state index in [4.69, 9.17) is 4.74 Å². The molecule has 1 fully saturated rings. The Morgan fingerprint density at radius 3 is 2.24 bits per heavy atom. The molecule has 1 unspecified atom stereocenters. The van der Waals surface area contributed by atoms with Gasteiger partial charge in [-0.05, 0) is 31.4 Å². The number of para-hydroxylation sites is 1. The highest BCUT2D eigenvalue weighted by Gasteiger charge is 2.31. The summed E-state index contributed by atoms with van der Waals surface area (Å²) in [5.74, 6) is -1.03. The lowest BCUT2D eigenvalue weighted by molar-refractivity contribution is -0.142. The summed E-state index contributed by atoms with van der Waals surface area (Å²) >= 11 is 0. The summed E-state index contributed by atoms with van der Waals surface area (Å²) in [6.45, 7) is 1.26. The number of carbonyl (C=O) groups excluding carboxylic acids is 2. The third-order valence-corrected chi connectivity index (χ3v) is 5.25. The molecule has 1 heterocycles. The first-order valence-electron chi connectivity index (χ1n) is 9.47.